The predicted molar refractivity (Wildman–Crippen MR) is 177 cm³/mol. The second-order valence-corrected chi connectivity index (χ2v) is 13.7. The highest BCUT2D eigenvalue weighted by Crippen LogP contribution is 2.65. The number of methoxy groups -OCH3 is 1. The van der Waals surface area contributed by atoms with Crippen LogP contribution in [0.4, 0.5) is 17.1 Å². The number of allylic oxidation sites excluding steroid dienone is 2. The Morgan fingerprint density at radius 2 is 1.63 bits per heavy atom. The van der Waals surface area contributed by atoms with E-state index in [4.69, 9.17) is 27.9 Å². The highest BCUT2D eigenvalue weighted by Gasteiger charge is 2.76. The molecule has 0 bridgehead atoms. The number of nitrogens with one attached hydrogen (secondary N) is 1. The van der Waals surface area contributed by atoms with Gasteiger partial charge in [-0.25, -0.2) is 0 Å². The summed E-state index contributed by atoms with van der Waals surface area (Å²) >= 11 is 17.7. The van der Waals surface area contributed by atoms with Crippen LogP contribution in [0.1, 0.15) is 24.3 Å². The number of imide groups is 2. The number of nitrogens with zero attached hydrogens (tertiary/aromatic N) is 2. The van der Waals surface area contributed by atoms with Gasteiger partial charge in [0.05, 0.1) is 30.1 Å². The molecule has 46 heavy (non-hydrogen) atoms. The topological polar surface area (TPSA) is 116 Å². The van der Waals surface area contributed by atoms with Gasteiger partial charge >= 0.3 is 0 Å². The van der Waals surface area contributed by atoms with E-state index in [1.807, 2.05) is 36.4 Å². The Balaban J connectivity index is 1.28. The van der Waals surface area contributed by atoms with Crippen LogP contribution in [-0.2, 0) is 19.2 Å². The monoisotopic (exact) mass is 723 g/mol. The molecule has 2 aliphatic heterocycles. The maximum absolute atomic E-state index is 14.3. The number of ether oxygens (including phenoxy) is 1. The Kier molecular flexibility index (Phi) is 7.45. The first kappa shape index (κ1) is 30.8. The maximum atomic E-state index is 14.3. The van der Waals surface area contributed by atoms with Gasteiger partial charge in [-0.05, 0) is 72.9 Å². The standard InChI is InChI=1S/C34H28BrCl2N3O6/c1-46-26-14-7-18(15-25(26)41)28-22-12-13-23-27(24(22)16-33(36)31(44)39(17-35)32(45)34(28,33)37)30(43)40(29(23)42)21-10-8-20(9-11-21)38-19-5-3-2-4-6-19/h2-12,14-15,23-24,27-28,38,41H,13,16-17H2,1H3/t23-,24+,27-,28-,33+,34-/m0/s1. The molecule has 2 heterocycles. The van der Waals surface area contributed by atoms with Crippen molar-refractivity contribution in [2.75, 3.05) is 22.8 Å². The molecule has 3 fully saturated rings. The van der Waals surface area contributed by atoms with Gasteiger partial charge in [0.2, 0.25) is 11.8 Å². The molecule has 4 amide bonds. The van der Waals surface area contributed by atoms with Crippen LogP contribution in [0.3, 0.4) is 0 Å². The molecule has 4 aliphatic rings. The quantitative estimate of drug-likeness (QED) is 0.138. The van der Waals surface area contributed by atoms with Crippen LogP contribution in [0.5, 0.6) is 11.5 Å². The van der Waals surface area contributed by atoms with E-state index in [0.29, 0.717) is 16.8 Å². The lowest BCUT2D eigenvalue weighted by Gasteiger charge is -2.50. The third-order valence-corrected chi connectivity index (χ3v) is 11.7. The molecule has 0 radical (unpaired) electrons. The summed E-state index contributed by atoms with van der Waals surface area (Å²) in [6.07, 6.45) is 1.97. The van der Waals surface area contributed by atoms with Crippen molar-refractivity contribution in [1.82, 2.24) is 4.90 Å². The van der Waals surface area contributed by atoms with Crippen LogP contribution in [0, 0.1) is 17.8 Å². The first-order valence-corrected chi connectivity index (χ1v) is 16.6. The SMILES string of the molecule is COc1ccc([C@H]2C3=CC[C@@H]4C(=O)N(c5ccc(Nc6ccccc6)cc5)C(=O)[C@@H]4[C@@H]3C[C@@]3(Cl)C(=O)N(CBr)C(=O)[C@@]23Cl)cc1O. The Morgan fingerprint density at radius 3 is 2.28 bits per heavy atom. The lowest BCUT2D eigenvalue weighted by Crippen LogP contribution is -2.60. The summed E-state index contributed by atoms with van der Waals surface area (Å²) < 4.78 is 5.22. The van der Waals surface area contributed by atoms with Crippen LogP contribution >= 0.6 is 39.1 Å². The largest absolute Gasteiger partial charge is 0.504 e. The van der Waals surface area contributed by atoms with Gasteiger partial charge in [-0.2, -0.15) is 0 Å². The average molecular weight is 725 g/mol. The van der Waals surface area contributed by atoms with Crippen molar-refractivity contribution in [3.8, 4) is 11.5 Å². The average Bonchev–Trinajstić information content (AvgIpc) is 3.39. The number of alkyl halides is 3. The molecule has 3 aromatic rings. The molecule has 7 rings (SSSR count). The highest BCUT2D eigenvalue weighted by atomic mass is 79.9. The molecule has 2 N–H and O–H groups in total. The van der Waals surface area contributed by atoms with Gasteiger partial charge in [0.25, 0.3) is 11.8 Å². The maximum Gasteiger partial charge on any atom is 0.254 e. The molecule has 0 spiro atoms. The van der Waals surface area contributed by atoms with E-state index in [0.717, 1.165) is 16.3 Å². The summed E-state index contributed by atoms with van der Waals surface area (Å²) in [6.45, 7) is 0. The number of benzene rings is 3. The van der Waals surface area contributed by atoms with Crippen molar-refractivity contribution in [3.63, 3.8) is 0 Å². The molecule has 2 aliphatic carbocycles. The van der Waals surface area contributed by atoms with Gasteiger partial charge in [-0.1, -0.05) is 51.8 Å². The summed E-state index contributed by atoms with van der Waals surface area (Å²) in [4.78, 5) is 54.2. The van der Waals surface area contributed by atoms with E-state index >= 15 is 0 Å². The van der Waals surface area contributed by atoms with Crippen molar-refractivity contribution >= 4 is 79.8 Å². The summed E-state index contributed by atoms with van der Waals surface area (Å²) in [5.74, 6) is -5.24. The Labute approximate surface area is 283 Å². The Hall–Kier alpha value is -3.86. The van der Waals surface area contributed by atoms with Crippen LogP contribution in [0.25, 0.3) is 0 Å². The summed E-state index contributed by atoms with van der Waals surface area (Å²) in [6, 6.07) is 21.3. The molecule has 9 nitrogen and oxygen atoms in total. The zero-order valence-electron chi connectivity index (χ0n) is 24.5. The van der Waals surface area contributed by atoms with E-state index in [1.54, 1.807) is 36.4 Å². The van der Waals surface area contributed by atoms with Crippen LogP contribution in [-0.4, -0.2) is 55.9 Å². The van der Waals surface area contributed by atoms with Crippen LogP contribution < -0.4 is 15.0 Å². The number of para-hydroxylation sites is 1. The predicted octanol–water partition coefficient (Wildman–Crippen LogP) is 6.06. The molecule has 6 atom stereocenters. The fourth-order valence-corrected chi connectivity index (χ4v) is 9.08. The smallest absolute Gasteiger partial charge is 0.254 e. The Bertz CT molecular complexity index is 1820. The molecule has 3 aromatic carbocycles. The zero-order chi connectivity index (χ0) is 32.5. The van der Waals surface area contributed by atoms with Gasteiger partial charge in [0, 0.05) is 17.3 Å². The number of hydrogen-bond acceptors (Lipinski definition) is 7. The zero-order valence-corrected chi connectivity index (χ0v) is 27.6. The first-order valence-electron chi connectivity index (χ1n) is 14.7. The van der Waals surface area contributed by atoms with Gasteiger partial charge < -0.3 is 15.2 Å². The minimum Gasteiger partial charge on any atom is -0.504 e. The fourth-order valence-electron chi connectivity index (χ4n) is 7.65. The molecule has 1 saturated carbocycles. The van der Waals surface area contributed by atoms with Crippen molar-refractivity contribution in [2.45, 2.75) is 28.5 Å². The van der Waals surface area contributed by atoms with Gasteiger partial charge in [0.15, 0.2) is 21.2 Å². The number of carbonyl (C=O) groups is 4. The second-order valence-electron chi connectivity index (χ2n) is 12.0. The van der Waals surface area contributed by atoms with E-state index in [9.17, 15) is 24.3 Å². The number of rotatable bonds is 6. The molecule has 0 aromatic heterocycles. The van der Waals surface area contributed by atoms with E-state index in [-0.39, 0.29) is 35.7 Å². The van der Waals surface area contributed by atoms with Crippen LogP contribution in [0.2, 0.25) is 0 Å². The molecule has 2 saturated heterocycles. The number of phenolic OH excluding ortho intramolecular Hbond substituents is 1. The number of phenols is 1. The summed E-state index contributed by atoms with van der Waals surface area (Å²) in [5.41, 5.74) is 3.07. The van der Waals surface area contributed by atoms with E-state index in [1.165, 1.54) is 18.1 Å². The number of likely N-dealkylation sites (tertiary alicyclic amines) is 1. The lowest BCUT2D eigenvalue weighted by atomic mass is 9.56. The molecule has 12 heteroatoms. The van der Waals surface area contributed by atoms with Crippen molar-refractivity contribution in [1.29, 1.82) is 0 Å². The third kappa shape index (κ3) is 4.26. The lowest BCUT2D eigenvalue weighted by molar-refractivity contribution is -0.138. The normalized spacial score (nSPS) is 30.1. The molecule has 236 valence electrons. The number of carbonyl (C=O) groups excluding carboxylic acids is 4. The summed E-state index contributed by atoms with van der Waals surface area (Å²) in [5, 5.41) is 14.0. The van der Waals surface area contributed by atoms with E-state index in [2.05, 4.69) is 21.2 Å². The fraction of sp³-hybridized carbons (Fsp3) is 0.294. The minimum absolute atomic E-state index is 0.120. The van der Waals surface area contributed by atoms with Crippen molar-refractivity contribution in [3.05, 3.63) is 90.0 Å². The minimum atomic E-state index is -1.96. The number of halogens is 3. The Morgan fingerprint density at radius 1 is 0.935 bits per heavy atom. The van der Waals surface area contributed by atoms with E-state index < -0.39 is 51.1 Å². The highest BCUT2D eigenvalue weighted by molar-refractivity contribution is 9.09. The second kappa shape index (κ2) is 11.1. The van der Waals surface area contributed by atoms with Crippen molar-refractivity contribution < 1.29 is 29.0 Å². The third-order valence-electron chi connectivity index (χ3n) is 9.74. The van der Waals surface area contributed by atoms with Crippen molar-refractivity contribution in [2.24, 2.45) is 17.8 Å². The van der Waals surface area contributed by atoms with Gasteiger partial charge in [-0.3, -0.25) is 29.0 Å². The number of amides is 4. The van der Waals surface area contributed by atoms with Gasteiger partial charge in [0.1, 0.15) is 0 Å². The number of hydrogen-bond donors (Lipinski definition) is 2. The first-order chi connectivity index (χ1) is 22.0. The molecular weight excluding hydrogens is 697 g/mol. The molecule has 0 unspecified atom stereocenters. The summed E-state index contributed by atoms with van der Waals surface area (Å²) in [7, 11) is 1.41. The molecular formula is C34H28BrCl2N3O6. The van der Waals surface area contributed by atoms with Gasteiger partial charge in [-0.15, -0.1) is 23.2 Å². The number of aromatic hydroxyl groups is 1. The number of fused-ring (bicyclic) bond motifs is 4. The van der Waals surface area contributed by atoms with Crippen LogP contribution in [0.15, 0.2) is 84.4 Å². The number of anilines is 3.